The number of ether oxygens (including phenoxy) is 6. The van der Waals surface area contributed by atoms with Gasteiger partial charge in [0.25, 0.3) is 0 Å². The van der Waals surface area contributed by atoms with Gasteiger partial charge in [-0.15, -0.1) is 0 Å². The first-order valence-electron chi connectivity index (χ1n) is 17.2. The van der Waals surface area contributed by atoms with Crippen molar-refractivity contribution in [2.24, 2.45) is 21.7 Å². The van der Waals surface area contributed by atoms with Gasteiger partial charge in [0, 0.05) is 21.9 Å². The summed E-state index contributed by atoms with van der Waals surface area (Å²) in [4.78, 5) is 60.7. The molecule has 2 aromatic rings. The molecule has 12 heteroatoms. The number of carbonyl (C=O) groups is 4. The molecule has 0 unspecified atom stereocenters. The zero-order chi connectivity index (χ0) is 36.5. The van der Waals surface area contributed by atoms with Crippen LogP contribution in [0.25, 0.3) is 0 Å². The minimum absolute atomic E-state index is 0.0210. The highest BCUT2D eigenvalue weighted by Crippen LogP contribution is 3.02. The van der Waals surface area contributed by atoms with Crippen molar-refractivity contribution in [1.29, 1.82) is 0 Å². The zero-order valence-corrected chi connectivity index (χ0v) is 31.0. The van der Waals surface area contributed by atoms with Crippen LogP contribution in [-0.4, -0.2) is 72.7 Å². The Morgan fingerprint density at radius 2 is 0.800 bits per heavy atom. The third-order valence-electron chi connectivity index (χ3n) is 13.3. The van der Waals surface area contributed by atoms with Crippen molar-refractivity contribution in [2.75, 3.05) is 26.4 Å². The number of carbonyl (C=O) groups excluding carboxylic acids is 4. The van der Waals surface area contributed by atoms with E-state index < -0.39 is 79.8 Å². The maximum Gasteiger partial charge on any atom is 0.318 e. The average molecular weight is 730 g/mol. The Morgan fingerprint density at radius 3 is 1.02 bits per heavy atom. The minimum atomic E-state index is -1.89. The monoisotopic (exact) mass is 728 g/mol. The van der Waals surface area contributed by atoms with Gasteiger partial charge in [0.1, 0.15) is 44.1 Å². The number of hydrogen-bond donors (Lipinski definition) is 0. The molecule has 2 aromatic carbocycles. The van der Waals surface area contributed by atoms with Crippen molar-refractivity contribution >= 4 is 47.1 Å². The highest BCUT2D eigenvalue weighted by molar-refractivity contribution is 6.31. The van der Waals surface area contributed by atoms with Gasteiger partial charge in [-0.05, 0) is 90.8 Å². The van der Waals surface area contributed by atoms with Gasteiger partial charge in [0.15, 0.2) is 0 Å². The summed E-state index contributed by atoms with van der Waals surface area (Å²) < 4.78 is 38.5. The lowest BCUT2D eigenvalue weighted by Crippen LogP contribution is -3.14. The largest absolute Gasteiger partial charge is 0.465 e. The van der Waals surface area contributed by atoms with Gasteiger partial charge in [0.05, 0.1) is 26.4 Å². The molecular weight excluding hydrogens is 687 g/mol. The first-order chi connectivity index (χ1) is 23.6. The third-order valence-corrected chi connectivity index (χ3v) is 13.8. The smallest absolute Gasteiger partial charge is 0.318 e. The van der Waals surface area contributed by atoms with Crippen LogP contribution in [0.2, 0.25) is 10.0 Å². The van der Waals surface area contributed by atoms with Gasteiger partial charge < -0.3 is 28.4 Å². The Morgan fingerprint density at radius 1 is 0.540 bits per heavy atom. The third kappa shape index (κ3) is 3.02. The molecule has 6 aliphatic rings. The molecule has 0 aromatic heterocycles. The molecule has 4 heterocycles. The first-order valence-corrected chi connectivity index (χ1v) is 17.9. The fourth-order valence-corrected chi connectivity index (χ4v) is 13.0. The molecule has 6 fully saturated rings. The molecule has 2 aliphatic carbocycles. The maximum absolute atomic E-state index is 15.2. The van der Waals surface area contributed by atoms with E-state index in [1.165, 1.54) is 0 Å². The summed E-state index contributed by atoms with van der Waals surface area (Å²) in [6, 6.07) is 13.8. The van der Waals surface area contributed by atoms with Gasteiger partial charge in [-0.2, -0.15) is 0 Å². The van der Waals surface area contributed by atoms with Gasteiger partial charge >= 0.3 is 23.9 Å². The fourth-order valence-electron chi connectivity index (χ4n) is 12.6. The molecule has 4 saturated heterocycles. The average Bonchev–Trinajstić information content (AvgIpc) is 3.03. The summed E-state index contributed by atoms with van der Waals surface area (Å²) >= 11 is 13.3. The number of esters is 4. The van der Waals surface area contributed by atoms with Crippen molar-refractivity contribution < 1.29 is 47.6 Å². The number of rotatable bonds is 10. The molecule has 0 spiro atoms. The van der Waals surface area contributed by atoms with E-state index >= 15 is 19.2 Å². The number of halogens is 2. The Labute approximate surface area is 301 Å². The van der Waals surface area contributed by atoms with Gasteiger partial charge in [-0.1, -0.05) is 47.5 Å². The number of hydrogen-bond acceptors (Lipinski definition) is 10. The van der Waals surface area contributed by atoms with Gasteiger partial charge in [-0.3, -0.25) is 19.2 Å². The van der Waals surface area contributed by atoms with E-state index in [4.69, 9.17) is 51.6 Å². The van der Waals surface area contributed by atoms with Crippen molar-refractivity contribution in [3.63, 3.8) is 0 Å². The first kappa shape index (κ1) is 35.2. The van der Waals surface area contributed by atoms with Crippen LogP contribution in [0.3, 0.4) is 0 Å². The molecule has 8 rings (SSSR count). The lowest BCUT2D eigenvalue weighted by atomic mass is 9.09. The Hall–Kier alpha value is -3.18. The van der Waals surface area contributed by atoms with Crippen molar-refractivity contribution in [3.8, 4) is 0 Å². The lowest BCUT2D eigenvalue weighted by Gasteiger charge is -2.99. The molecule has 0 amide bonds. The summed E-state index contributed by atoms with van der Waals surface area (Å²) in [7, 11) is 0. The molecule has 2 saturated carbocycles. The Balaban J connectivity index is 1.75. The summed E-state index contributed by atoms with van der Waals surface area (Å²) in [5, 5.41) is 0.697. The standard InChI is InChI=1S/C38H42Cl2O10/c1-9-45-27(41)35-25(21-15-13-17-23(39)19-21)36(28(42)46-10-2)33(7)38(30(44)48-12-4)26(22-16-14-18-24(40)20-22)37(29(43)47-11-3,31(35,5)49-33)32(35,6)50-34(36,38)8/h13-20,25-26H,9-12H2,1-8H3. The quantitative estimate of drug-likeness (QED) is 0.207. The van der Waals surface area contributed by atoms with Crippen LogP contribution in [0, 0.1) is 21.7 Å². The van der Waals surface area contributed by atoms with E-state index in [0.717, 1.165) is 0 Å². The van der Waals surface area contributed by atoms with Crippen molar-refractivity contribution in [2.45, 2.75) is 89.6 Å². The topological polar surface area (TPSA) is 124 Å². The summed E-state index contributed by atoms with van der Waals surface area (Å²) in [5.41, 5.74) is -13.9. The lowest BCUT2D eigenvalue weighted by molar-refractivity contribution is -0.625. The zero-order valence-electron chi connectivity index (χ0n) is 29.4. The predicted molar refractivity (Wildman–Crippen MR) is 180 cm³/mol. The summed E-state index contributed by atoms with van der Waals surface area (Å²) in [5.74, 6) is -5.20. The summed E-state index contributed by atoms with van der Waals surface area (Å²) in [6.07, 6.45) is 0. The van der Waals surface area contributed by atoms with Gasteiger partial charge in [-0.25, -0.2) is 0 Å². The second-order valence-corrected chi connectivity index (χ2v) is 15.3. The molecule has 8 bridgehead atoms. The fraction of sp³-hybridized carbons (Fsp3) is 0.579. The van der Waals surface area contributed by atoms with Gasteiger partial charge in [0.2, 0.25) is 0 Å². The molecule has 268 valence electrons. The minimum Gasteiger partial charge on any atom is -0.465 e. The SMILES string of the molecule is CCOC(=O)C12C(c3cccc(Cl)c3)C3(C(=O)OCC)C4(C)OC1(C)C1(C(=O)OCC)C(c5cccc(Cl)c5)C4(C(=O)OCC)C3(C)OC21C. The molecule has 4 aliphatic heterocycles. The molecular formula is C38H42Cl2O10. The van der Waals surface area contributed by atoms with Crippen molar-refractivity contribution in [1.82, 2.24) is 0 Å². The van der Waals surface area contributed by atoms with E-state index in [0.29, 0.717) is 21.2 Å². The maximum atomic E-state index is 15.2. The highest BCUT2D eigenvalue weighted by atomic mass is 35.5. The molecule has 50 heavy (non-hydrogen) atoms. The van der Waals surface area contributed by atoms with E-state index in [2.05, 4.69) is 0 Å². The normalized spacial score (nSPS) is 42.5. The van der Waals surface area contributed by atoms with E-state index in [9.17, 15) is 0 Å². The Kier molecular flexibility index (Phi) is 7.53. The van der Waals surface area contributed by atoms with Crippen LogP contribution >= 0.6 is 23.2 Å². The van der Waals surface area contributed by atoms with Crippen LogP contribution in [0.4, 0.5) is 0 Å². The number of benzene rings is 2. The van der Waals surface area contributed by atoms with Crippen molar-refractivity contribution in [3.05, 3.63) is 69.7 Å². The molecule has 0 atom stereocenters. The highest BCUT2D eigenvalue weighted by Gasteiger charge is 3.16. The van der Waals surface area contributed by atoms with E-state index in [-0.39, 0.29) is 26.4 Å². The Bertz CT molecular complexity index is 1600. The predicted octanol–water partition coefficient (Wildman–Crippen LogP) is 6.19. The molecule has 10 nitrogen and oxygen atoms in total. The van der Waals surface area contributed by atoms with E-state index in [1.807, 2.05) is 0 Å². The molecule has 0 radical (unpaired) electrons. The van der Waals surface area contributed by atoms with Crippen LogP contribution in [0.1, 0.15) is 78.4 Å². The van der Waals surface area contributed by atoms with Crippen LogP contribution < -0.4 is 0 Å². The summed E-state index contributed by atoms with van der Waals surface area (Å²) in [6.45, 7) is 13.3. The van der Waals surface area contributed by atoms with E-state index in [1.54, 1.807) is 104 Å². The van der Waals surface area contributed by atoms with Crippen LogP contribution in [-0.2, 0) is 47.6 Å². The second-order valence-electron chi connectivity index (χ2n) is 14.4. The van der Waals surface area contributed by atoms with Crippen LogP contribution in [0.15, 0.2) is 48.5 Å². The van der Waals surface area contributed by atoms with Crippen LogP contribution in [0.5, 0.6) is 0 Å². The second kappa shape index (κ2) is 10.7. The molecule has 0 N–H and O–H groups in total.